The molecule has 7 heteroatoms. The van der Waals surface area contributed by atoms with E-state index >= 15 is 0 Å². The Morgan fingerprint density at radius 3 is 2.71 bits per heavy atom. The van der Waals surface area contributed by atoms with E-state index < -0.39 is 17.7 Å². The summed E-state index contributed by atoms with van der Waals surface area (Å²) in [5, 5.41) is 4.37. The molecule has 1 N–H and O–H groups in total. The Bertz CT molecular complexity index is 714. The molecule has 0 saturated heterocycles. The molecule has 0 bridgehead atoms. The number of hydrogen-bond donors (Lipinski definition) is 1. The molecule has 110 valence electrons. The smallest absolute Gasteiger partial charge is 0.350 e. The quantitative estimate of drug-likeness (QED) is 0.829. The van der Waals surface area contributed by atoms with E-state index in [1.807, 2.05) is 0 Å². The number of hydrogen-bond acceptors (Lipinski definition) is 4. The maximum absolute atomic E-state index is 13.5. The maximum Gasteiger partial charge on any atom is 0.350 e. The standard InChI is InChI=1S/C14H11BrFNO3S/c1-7-6-21-12(14(19)20-2)11(7)17-13(18)8-3-4-9(15)10(16)5-8/h3-6H,1-2H3,(H,17,18). The van der Waals surface area contributed by atoms with Crippen LogP contribution in [0.25, 0.3) is 0 Å². The van der Waals surface area contributed by atoms with Gasteiger partial charge in [-0.25, -0.2) is 9.18 Å². The van der Waals surface area contributed by atoms with Gasteiger partial charge in [0.1, 0.15) is 10.7 Å². The van der Waals surface area contributed by atoms with Gasteiger partial charge in [0.25, 0.3) is 5.91 Å². The number of rotatable bonds is 3. The van der Waals surface area contributed by atoms with Gasteiger partial charge in [0.2, 0.25) is 0 Å². The van der Waals surface area contributed by atoms with E-state index in [0.717, 1.165) is 11.6 Å². The predicted molar refractivity (Wildman–Crippen MR) is 82.4 cm³/mol. The number of aryl methyl sites for hydroxylation is 1. The second kappa shape index (κ2) is 6.36. The first-order chi connectivity index (χ1) is 9.93. The zero-order chi connectivity index (χ0) is 15.6. The fraction of sp³-hybridized carbons (Fsp3) is 0.143. The lowest BCUT2D eigenvalue weighted by molar-refractivity contribution is 0.0607. The van der Waals surface area contributed by atoms with E-state index in [2.05, 4.69) is 26.0 Å². The van der Waals surface area contributed by atoms with Gasteiger partial charge in [-0.1, -0.05) is 0 Å². The molecule has 0 spiro atoms. The van der Waals surface area contributed by atoms with E-state index in [1.54, 1.807) is 12.3 Å². The van der Waals surface area contributed by atoms with Crippen molar-refractivity contribution in [2.75, 3.05) is 12.4 Å². The molecule has 0 fully saturated rings. The van der Waals surface area contributed by atoms with Crippen LogP contribution in [-0.4, -0.2) is 19.0 Å². The Morgan fingerprint density at radius 1 is 1.38 bits per heavy atom. The number of halogens is 2. The molecule has 2 aromatic rings. The lowest BCUT2D eigenvalue weighted by Crippen LogP contribution is -2.15. The molecule has 4 nitrogen and oxygen atoms in total. The molecule has 1 heterocycles. The normalized spacial score (nSPS) is 10.3. The van der Waals surface area contributed by atoms with Crippen molar-refractivity contribution in [2.45, 2.75) is 6.92 Å². The molecule has 0 aliphatic rings. The van der Waals surface area contributed by atoms with Crippen LogP contribution in [0.5, 0.6) is 0 Å². The first-order valence-corrected chi connectivity index (χ1v) is 7.54. The molecular formula is C14H11BrFNO3S. The molecule has 21 heavy (non-hydrogen) atoms. The van der Waals surface area contributed by atoms with Crippen molar-refractivity contribution in [1.29, 1.82) is 0 Å². The fourth-order valence-corrected chi connectivity index (χ4v) is 2.83. The minimum absolute atomic E-state index is 0.164. The summed E-state index contributed by atoms with van der Waals surface area (Å²) in [6.07, 6.45) is 0. The number of benzene rings is 1. The molecule has 0 atom stereocenters. The number of ether oxygens (including phenoxy) is 1. The average molecular weight is 372 g/mol. The SMILES string of the molecule is COC(=O)c1scc(C)c1NC(=O)c1ccc(Br)c(F)c1. The van der Waals surface area contributed by atoms with Crippen molar-refractivity contribution in [1.82, 2.24) is 0 Å². The van der Waals surface area contributed by atoms with E-state index in [4.69, 9.17) is 0 Å². The summed E-state index contributed by atoms with van der Waals surface area (Å²) < 4.78 is 18.4. The van der Waals surface area contributed by atoms with E-state index in [0.29, 0.717) is 10.6 Å². The van der Waals surface area contributed by atoms with Crippen molar-refractivity contribution in [3.63, 3.8) is 0 Å². The Hall–Kier alpha value is -1.73. The van der Waals surface area contributed by atoms with Gasteiger partial charge in [0.15, 0.2) is 0 Å². The molecule has 1 aromatic heterocycles. The summed E-state index contributed by atoms with van der Waals surface area (Å²) in [5.74, 6) is -1.55. The third-order valence-electron chi connectivity index (χ3n) is 2.77. The molecule has 0 aliphatic carbocycles. The highest BCUT2D eigenvalue weighted by atomic mass is 79.9. The van der Waals surface area contributed by atoms with Crippen LogP contribution in [0.3, 0.4) is 0 Å². The van der Waals surface area contributed by atoms with Gasteiger partial charge >= 0.3 is 5.97 Å². The maximum atomic E-state index is 13.5. The molecule has 0 aliphatic heterocycles. The summed E-state index contributed by atoms with van der Waals surface area (Å²) in [4.78, 5) is 24.1. The van der Waals surface area contributed by atoms with Gasteiger partial charge in [0, 0.05) is 5.56 Å². The Labute approximate surface area is 133 Å². The predicted octanol–water partition coefficient (Wildman–Crippen LogP) is 4.00. The van der Waals surface area contributed by atoms with Crippen LogP contribution >= 0.6 is 27.3 Å². The first-order valence-electron chi connectivity index (χ1n) is 5.87. The van der Waals surface area contributed by atoms with Crippen LogP contribution in [-0.2, 0) is 4.74 Å². The van der Waals surface area contributed by atoms with Crippen molar-refractivity contribution in [3.8, 4) is 0 Å². The van der Waals surface area contributed by atoms with Gasteiger partial charge < -0.3 is 10.1 Å². The van der Waals surface area contributed by atoms with Crippen molar-refractivity contribution < 1.29 is 18.7 Å². The van der Waals surface area contributed by atoms with Crippen molar-refractivity contribution >= 4 is 44.8 Å². The molecule has 1 aromatic carbocycles. The molecule has 0 saturated carbocycles. The van der Waals surface area contributed by atoms with Gasteiger partial charge in [0.05, 0.1) is 17.3 Å². The van der Waals surface area contributed by atoms with Crippen LogP contribution in [0.1, 0.15) is 25.6 Å². The van der Waals surface area contributed by atoms with E-state index in [1.165, 1.54) is 30.6 Å². The minimum Gasteiger partial charge on any atom is -0.465 e. The van der Waals surface area contributed by atoms with Crippen LogP contribution in [0.4, 0.5) is 10.1 Å². The number of nitrogens with one attached hydrogen (secondary N) is 1. The van der Waals surface area contributed by atoms with E-state index in [-0.39, 0.29) is 10.0 Å². The number of anilines is 1. The molecule has 2 rings (SSSR count). The second-order valence-corrected chi connectivity index (χ2v) is 5.93. The van der Waals surface area contributed by atoms with Gasteiger partial charge in [-0.05, 0) is 52.0 Å². The third-order valence-corrected chi connectivity index (χ3v) is 4.49. The lowest BCUT2D eigenvalue weighted by atomic mass is 10.2. The van der Waals surface area contributed by atoms with Crippen molar-refractivity contribution in [2.24, 2.45) is 0 Å². The number of thiophene rings is 1. The molecule has 1 amide bonds. The summed E-state index contributed by atoms with van der Waals surface area (Å²) in [5.41, 5.74) is 1.30. The van der Waals surface area contributed by atoms with Crippen LogP contribution in [0.15, 0.2) is 28.1 Å². The monoisotopic (exact) mass is 371 g/mol. The summed E-state index contributed by atoms with van der Waals surface area (Å²) in [7, 11) is 1.27. The number of carbonyl (C=O) groups excluding carboxylic acids is 2. The summed E-state index contributed by atoms with van der Waals surface area (Å²) >= 11 is 4.21. The van der Waals surface area contributed by atoms with Gasteiger partial charge in [-0.15, -0.1) is 11.3 Å². The zero-order valence-electron chi connectivity index (χ0n) is 11.2. The molecule has 0 radical (unpaired) electrons. The second-order valence-electron chi connectivity index (χ2n) is 4.20. The third kappa shape index (κ3) is 3.30. The lowest BCUT2D eigenvalue weighted by Gasteiger charge is -2.08. The Kier molecular flexibility index (Phi) is 4.74. The topological polar surface area (TPSA) is 55.4 Å². The number of carbonyl (C=O) groups is 2. The number of amides is 1. The minimum atomic E-state index is -0.530. The molecular weight excluding hydrogens is 361 g/mol. The van der Waals surface area contributed by atoms with Gasteiger partial charge in [-0.2, -0.15) is 0 Å². The highest BCUT2D eigenvalue weighted by molar-refractivity contribution is 9.10. The average Bonchev–Trinajstić information content (AvgIpc) is 2.82. The Morgan fingerprint density at radius 2 is 2.10 bits per heavy atom. The number of esters is 1. The highest BCUT2D eigenvalue weighted by Crippen LogP contribution is 2.29. The highest BCUT2D eigenvalue weighted by Gasteiger charge is 2.19. The zero-order valence-corrected chi connectivity index (χ0v) is 13.6. The Balaban J connectivity index is 2.29. The summed E-state index contributed by atoms with van der Waals surface area (Å²) in [6, 6.07) is 4.06. The van der Waals surface area contributed by atoms with E-state index in [9.17, 15) is 14.0 Å². The summed E-state index contributed by atoms with van der Waals surface area (Å²) in [6.45, 7) is 1.76. The largest absolute Gasteiger partial charge is 0.465 e. The van der Waals surface area contributed by atoms with Gasteiger partial charge in [-0.3, -0.25) is 4.79 Å². The number of methoxy groups -OCH3 is 1. The first kappa shape index (κ1) is 15.7. The van der Waals surface area contributed by atoms with Crippen LogP contribution in [0, 0.1) is 12.7 Å². The van der Waals surface area contributed by atoms with Crippen molar-refractivity contribution in [3.05, 3.63) is 49.9 Å². The van der Waals surface area contributed by atoms with Crippen LogP contribution < -0.4 is 5.32 Å². The molecule has 0 unspecified atom stereocenters. The van der Waals surface area contributed by atoms with Crippen LogP contribution in [0.2, 0.25) is 0 Å². The fourth-order valence-electron chi connectivity index (χ4n) is 1.67.